The zero-order chi connectivity index (χ0) is 11.7. The first-order valence-corrected chi connectivity index (χ1v) is 4.49. The van der Waals surface area contributed by atoms with Crippen LogP contribution in [0, 0.1) is 0 Å². The van der Waals surface area contributed by atoms with Crippen LogP contribution in [0.15, 0.2) is 29.2 Å². The topological polar surface area (TPSA) is 112 Å². The number of nitrogens with two attached hydrogens (primary N) is 1. The number of H-pyrrole nitrogens is 2. The van der Waals surface area contributed by atoms with Gasteiger partial charge in [0.05, 0.1) is 11.3 Å². The summed E-state index contributed by atoms with van der Waals surface area (Å²) < 4.78 is 0. The number of aromatic nitrogens is 2. The van der Waals surface area contributed by atoms with Gasteiger partial charge in [-0.05, 0) is 18.2 Å². The molecule has 0 atom stereocenters. The van der Waals surface area contributed by atoms with Crippen LogP contribution in [0.25, 0.3) is 11.3 Å². The molecule has 6 heteroatoms. The lowest BCUT2D eigenvalue weighted by Gasteiger charge is -2.04. The van der Waals surface area contributed by atoms with Crippen LogP contribution in [0.1, 0.15) is 10.4 Å². The van der Waals surface area contributed by atoms with Crippen molar-refractivity contribution in [3.8, 4) is 11.3 Å². The van der Waals surface area contributed by atoms with E-state index in [0.29, 0.717) is 16.9 Å². The van der Waals surface area contributed by atoms with Crippen molar-refractivity contribution in [2.24, 2.45) is 0 Å². The quantitative estimate of drug-likeness (QED) is 0.555. The fourth-order valence-corrected chi connectivity index (χ4v) is 1.45. The van der Waals surface area contributed by atoms with Crippen LogP contribution in [0.4, 0.5) is 5.69 Å². The van der Waals surface area contributed by atoms with Gasteiger partial charge in [0.15, 0.2) is 0 Å². The fourth-order valence-electron chi connectivity index (χ4n) is 1.45. The second-order valence-electron chi connectivity index (χ2n) is 3.27. The van der Waals surface area contributed by atoms with E-state index in [0.717, 1.165) is 0 Å². The molecule has 0 unspecified atom stereocenters. The number of nitrogens with one attached hydrogen (secondary N) is 2. The molecule has 82 valence electrons. The summed E-state index contributed by atoms with van der Waals surface area (Å²) in [7, 11) is 0. The van der Waals surface area contributed by atoms with Crippen molar-refractivity contribution in [3.05, 3.63) is 40.4 Å². The van der Waals surface area contributed by atoms with Gasteiger partial charge >= 0.3 is 11.7 Å². The smallest absolute Gasteiger partial charge is 0.336 e. The van der Waals surface area contributed by atoms with E-state index in [1.54, 1.807) is 12.1 Å². The van der Waals surface area contributed by atoms with Crippen molar-refractivity contribution in [2.75, 3.05) is 5.73 Å². The predicted molar refractivity (Wildman–Crippen MR) is 58.2 cm³/mol. The minimum Gasteiger partial charge on any atom is -0.478 e. The molecular weight excluding hydrogens is 210 g/mol. The molecule has 0 saturated carbocycles. The third-order valence-corrected chi connectivity index (χ3v) is 2.16. The second-order valence-corrected chi connectivity index (χ2v) is 3.27. The molecule has 0 aliphatic heterocycles. The van der Waals surface area contributed by atoms with Gasteiger partial charge in [-0.1, -0.05) is 0 Å². The summed E-state index contributed by atoms with van der Waals surface area (Å²) >= 11 is 0. The second kappa shape index (κ2) is 3.58. The molecule has 1 heterocycles. The SMILES string of the molecule is Nc1ccc(-c2c[nH]c(=O)[nH]2)c(C(=O)O)c1. The maximum atomic E-state index is 11.0. The van der Waals surface area contributed by atoms with Gasteiger partial charge in [0, 0.05) is 17.4 Å². The van der Waals surface area contributed by atoms with Crippen LogP contribution in [0.2, 0.25) is 0 Å². The molecular formula is C10H9N3O3. The number of nitrogen functional groups attached to an aromatic ring is 1. The number of rotatable bonds is 2. The van der Waals surface area contributed by atoms with Gasteiger partial charge in [-0.2, -0.15) is 0 Å². The fraction of sp³-hybridized carbons (Fsp3) is 0. The molecule has 16 heavy (non-hydrogen) atoms. The zero-order valence-corrected chi connectivity index (χ0v) is 8.15. The predicted octanol–water partition coefficient (Wildman–Crippen LogP) is 0.650. The largest absolute Gasteiger partial charge is 0.478 e. The van der Waals surface area contributed by atoms with Crippen LogP contribution in [-0.4, -0.2) is 21.0 Å². The molecule has 2 rings (SSSR count). The Kier molecular flexibility index (Phi) is 2.24. The third kappa shape index (κ3) is 1.68. The van der Waals surface area contributed by atoms with Gasteiger partial charge in [0.1, 0.15) is 0 Å². The highest BCUT2D eigenvalue weighted by Gasteiger charge is 2.13. The molecule has 0 amide bonds. The molecule has 0 aliphatic carbocycles. The average molecular weight is 219 g/mol. The van der Waals surface area contributed by atoms with E-state index in [-0.39, 0.29) is 11.3 Å². The Morgan fingerprint density at radius 1 is 1.38 bits per heavy atom. The molecule has 0 aliphatic rings. The first-order valence-electron chi connectivity index (χ1n) is 4.49. The first kappa shape index (κ1) is 10.0. The molecule has 0 fully saturated rings. The Morgan fingerprint density at radius 2 is 2.12 bits per heavy atom. The van der Waals surface area contributed by atoms with Crippen LogP contribution < -0.4 is 11.4 Å². The first-order chi connectivity index (χ1) is 7.58. The van der Waals surface area contributed by atoms with E-state index in [4.69, 9.17) is 10.8 Å². The van der Waals surface area contributed by atoms with Gasteiger partial charge in [-0.15, -0.1) is 0 Å². The third-order valence-electron chi connectivity index (χ3n) is 2.16. The number of carboxylic acid groups (broad SMARTS) is 1. The van der Waals surface area contributed by atoms with Crippen molar-refractivity contribution < 1.29 is 9.90 Å². The highest BCUT2D eigenvalue weighted by molar-refractivity contribution is 5.96. The number of carboxylic acids is 1. The van der Waals surface area contributed by atoms with Crippen LogP contribution in [0.5, 0.6) is 0 Å². The maximum absolute atomic E-state index is 11.0. The normalized spacial score (nSPS) is 10.2. The maximum Gasteiger partial charge on any atom is 0.336 e. The van der Waals surface area contributed by atoms with Crippen molar-refractivity contribution in [3.63, 3.8) is 0 Å². The standard InChI is InChI=1S/C10H9N3O3/c11-5-1-2-6(7(3-5)9(14)15)8-4-12-10(16)13-8/h1-4H,11H2,(H,14,15)(H2,12,13,16). The van der Waals surface area contributed by atoms with Crippen molar-refractivity contribution >= 4 is 11.7 Å². The van der Waals surface area contributed by atoms with Crippen molar-refractivity contribution in [1.29, 1.82) is 0 Å². The number of aromatic carboxylic acids is 1. The molecule has 6 nitrogen and oxygen atoms in total. The number of hydrogen-bond acceptors (Lipinski definition) is 3. The molecule has 0 spiro atoms. The van der Waals surface area contributed by atoms with Crippen molar-refractivity contribution in [2.45, 2.75) is 0 Å². The summed E-state index contributed by atoms with van der Waals surface area (Å²) in [4.78, 5) is 26.8. The molecule has 0 radical (unpaired) electrons. The average Bonchev–Trinajstić information content (AvgIpc) is 2.64. The summed E-state index contributed by atoms with van der Waals surface area (Å²) in [5.41, 5.74) is 6.37. The minimum atomic E-state index is -1.09. The highest BCUT2D eigenvalue weighted by Crippen LogP contribution is 2.22. The molecule has 0 saturated heterocycles. The van der Waals surface area contributed by atoms with E-state index in [2.05, 4.69) is 9.97 Å². The van der Waals surface area contributed by atoms with E-state index < -0.39 is 5.97 Å². The lowest BCUT2D eigenvalue weighted by molar-refractivity contribution is 0.0697. The number of benzene rings is 1. The van der Waals surface area contributed by atoms with Crippen LogP contribution in [-0.2, 0) is 0 Å². The Balaban J connectivity index is 2.64. The van der Waals surface area contributed by atoms with Gasteiger partial charge < -0.3 is 20.8 Å². The summed E-state index contributed by atoms with van der Waals surface area (Å²) in [5, 5.41) is 9.00. The van der Waals surface area contributed by atoms with Crippen LogP contribution >= 0.6 is 0 Å². The van der Waals surface area contributed by atoms with E-state index in [1.165, 1.54) is 12.3 Å². The number of imidazole rings is 1. The van der Waals surface area contributed by atoms with Crippen LogP contribution in [0.3, 0.4) is 0 Å². The Bertz CT molecular complexity index is 597. The lowest BCUT2D eigenvalue weighted by Crippen LogP contribution is -2.03. The molecule has 0 bridgehead atoms. The summed E-state index contributed by atoms with van der Waals surface area (Å²) in [6, 6.07) is 4.48. The Labute approximate surface area is 89.7 Å². The lowest BCUT2D eigenvalue weighted by atomic mass is 10.0. The van der Waals surface area contributed by atoms with Crippen molar-refractivity contribution in [1.82, 2.24) is 9.97 Å². The minimum absolute atomic E-state index is 0.0512. The van der Waals surface area contributed by atoms with Gasteiger partial charge in [0.2, 0.25) is 0 Å². The highest BCUT2D eigenvalue weighted by atomic mass is 16.4. The zero-order valence-electron chi connectivity index (χ0n) is 8.15. The molecule has 5 N–H and O–H groups in total. The van der Waals surface area contributed by atoms with E-state index in [9.17, 15) is 9.59 Å². The summed E-state index contributed by atoms with van der Waals surface area (Å²) in [6.07, 6.45) is 1.42. The molecule has 2 aromatic rings. The Hall–Kier alpha value is -2.50. The number of aromatic amines is 2. The summed E-state index contributed by atoms with van der Waals surface area (Å²) in [6.45, 7) is 0. The van der Waals surface area contributed by atoms with Gasteiger partial charge in [-0.25, -0.2) is 9.59 Å². The molecule has 1 aromatic heterocycles. The Morgan fingerprint density at radius 3 is 2.69 bits per heavy atom. The van der Waals surface area contributed by atoms with E-state index in [1.807, 2.05) is 0 Å². The number of hydrogen-bond donors (Lipinski definition) is 4. The summed E-state index contributed by atoms with van der Waals surface area (Å²) in [5.74, 6) is -1.09. The van der Waals surface area contributed by atoms with Gasteiger partial charge in [0.25, 0.3) is 0 Å². The molecule has 1 aromatic carbocycles. The van der Waals surface area contributed by atoms with Gasteiger partial charge in [-0.3, -0.25) is 0 Å². The van der Waals surface area contributed by atoms with E-state index >= 15 is 0 Å². The monoisotopic (exact) mass is 219 g/mol. The number of anilines is 1. The number of carbonyl (C=O) groups is 1.